The van der Waals surface area contributed by atoms with Gasteiger partial charge in [-0.15, -0.1) is 0 Å². The van der Waals surface area contributed by atoms with E-state index in [0.29, 0.717) is 0 Å². The van der Waals surface area contributed by atoms with Crippen LogP contribution in [0.15, 0.2) is 35.3 Å². The number of halogens is 1. The Hall–Kier alpha value is -3.23. The van der Waals surface area contributed by atoms with Gasteiger partial charge in [0.2, 0.25) is 0 Å². The third-order valence-corrected chi connectivity index (χ3v) is 3.67. The number of nitro groups is 1. The number of nitrogens with zero attached hydrogens (tertiary/aromatic N) is 3. The van der Waals surface area contributed by atoms with Crippen LogP contribution in [0.4, 0.5) is 20.6 Å². The molecule has 0 atom stereocenters. The van der Waals surface area contributed by atoms with Gasteiger partial charge in [0.25, 0.3) is 11.2 Å². The molecule has 0 spiro atoms. The van der Waals surface area contributed by atoms with Gasteiger partial charge in [-0.1, -0.05) is 6.07 Å². The van der Waals surface area contributed by atoms with Crippen molar-refractivity contribution >= 4 is 17.5 Å². The summed E-state index contributed by atoms with van der Waals surface area (Å²) in [6, 6.07) is 4.72. The molecule has 0 saturated carbocycles. The van der Waals surface area contributed by atoms with Crippen LogP contribution >= 0.6 is 0 Å². The summed E-state index contributed by atoms with van der Waals surface area (Å²) in [5.41, 5.74) is -2.03. The second-order valence-corrected chi connectivity index (χ2v) is 6.96. The molecule has 0 bridgehead atoms. The van der Waals surface area contributed by atoms with Crippen LogP contribution in [0.2, 0.25) is 0 Å². The summed E-state index contributed by atoms with van der Waals surface area (Å²) in [5, 5.41) is 11.3. The number of carbonyl (C=O) groups is 1. The van der Waals surface area contributed by atoms with Crippen LogP contribution in [-0.2, 0) is 11.8 Å². The molecule has 1 aromatic carbocycles. The van der Waals surface area contributed by atoms with E-state index in [1.54, 1.807) is 20.8 Å². The molecule has 2 rings (SSSR count). The first-order valence-corrected chi connectivity index (χ1v) is 8.03. The maximum atomic E-state index is 14.3. The fraction of sp³-hybridized carbons (Fsp3) is 0.333. The third-order valence-electron chi connectivity index (χ3n) is 3.67. The van der Waals surface area contributed by atoms with Gasteiger partial charge in [-0.05, 0) is 32.9 Å². The molecular weight excluding hydrogens is 357 g/mol. The average Bonchev–Trinajstić information content (AvgIpc) is 2.54. The first kappa shape index (κ1) is 20.1. The minimum atomic E-state index is -0.811. The molecular formula is C18H20FN3O5. The van der Waals surface area contributed by atoms with Crippen molar-refractivity contribution in [3.63, 3.8) is 0 Å². The van der Waals surface area contributed by atoms with Crippen LogP contribution < -0.4 is 10.5 Å². The highest BCUT2D eigenvalue weighted by molar-refractivity contribution is 5.88. The van der Waals surface area contributed by atoms with Crippen molar-refractivity contribution in [1.82, 2.24) is 4.57 Å². The maximum Gasteiger partial charge on any atom is 0.414 e. The van der Waals surface area contributed by atoms with Gasteiger partial charge >= 0.3 is 6.09 Å². The minimum absolute atomic E-state index is 0.0901. The number of benzene rings is 1. The van der Waals surface area contributed by atoms with Crippen LogP contribution in [0.25, 0.3) is 11.1 Å². The van der Waals surface area contributed by atoms with Crippen molar-refractivity contribution < 1.29 is 18.8 Å². The van der Waals surface area contributed by atoms with E-state index in [9.17, 15) is 24.1 Å². The first-order chi connectivity index (χ1) is 12.4. The normalized spacial score (nSPS) is 11.2. The maximum absolute atomic E-state index is 14.3. The van der Waals surface area contributed by atoms with Gasteiger partial charge in [0, 0.05) is 31.9 Å². The summed E-state index contributed by atoms with van der Waals surface area (Å²) >= 11 is 0. The lowest BCUT2D eigenvalue weighted by atomic mass is 10.0. The van der Waals surface area contributed by atoms with Gasteiger partial charge in [-0.25, -0.2) is 9.18 Å². The smallest absolute Gasteiger partial charge is 0.414 e. The van der Waals surface area contributed by atoms with Crippen LogP contribution in [0, 0.1) is 15.9 Å². The summed E-state index contributed by atoms with van der Waals surface area (Å²) in [6.45, 7) is 5.03. The molecule has 1 amide bonds. The summed E-state index contributed by atoms with van der Waals surface area (Å²) in [5.74, 6) is -0.811. The van der Waals surface area contributed by atoms with Gasteiger partial charge in [-0.3, -0.25) is 19.8 Å². The number of hydrogen-bond acceptors (Lipinski definition) is 5. The molecule has 1 heterocycles. The molecule has 1 aromatic heterocycles. The quantitative estimate of drug-likeness (QED) is 0.603. The molecule has 144 valence electrons. The van der Waals surface area contributed by atoms with Crippen molar-refractivity contribution in [3.8, 4) is 11.1 Å². The number of nitro benzene ring substituents is 1. The van der Waals surface area contributed by atoms with Gasteiger partial charge in [-0.2, -0.15) is 0 Å². The lowest BCUT2D eigenvalue weighted by Crippen LogP contribution is -2.37. The second kappa shape index (κ2) is 7.18. The molecule has 27 heavy (non-hydrogen) atoms. The second-order valence-electron chi connectivity index (χ2n) is 6.96. The zero-order chi connectivity index (χ0) is 20.5. The highest BCUT2D eigenvalue weighted by atomic mass is 19.1. The minimum Gasteiger partial charge on any atom is -0.443 e. The Morgan fingerprint density at radius 1 is 1.33 bits per heavy atom. The van der Waals surface area contributed by atoms with Crippen molar-refractivity contribution in [2.45, 2.75) is 26.4 Å². The Morgan fingerprint density at radius 3 is 2.52 bits per heavy atom. The summed E-state index contributed by atoms with van der Waals surface area (Å²) in [4.78, 5) is 36.3. The molecule has 0 aliphatic rings. The number of aromatic nitrogens is 1. The van der Waals surface area contributed by atoms with E-state index in [0.717, 1.165) is 15.5 Å². The molecule has 9 heteroatoms. The van der Waals surface area contributed by atoms with Gasteiger partial charge < -0.3 is 9.30 Å². The van der Waals surface area contributed by atoms with E-state index in [1.165, 1.54) is 38.5 Å². The van der Waals surface area contributed by atoms with Crippen LogP contribution in [0.3, 0.4) is 0 Å². The first-order valence-electron chi connectivity index (χ1n) is 8.03. The van der Waals surface area contributed by atoms with Crippen LogP contribution in [0.5, 0.6) is 0 Å². The van der Waals surface area contributed by atoms with Crippen molar-refractivity contribution in [3.05, 3.63) is 56.7 Å². The Balaban J connectivity index is 2.64. The molecule has 0 saturated heterocycles. The number of amides is 1. The topological polar surface area (TPSA) is 94.7 Å². The molecule has 0 aliphatic carbocycles. The standard InChI is InChI=1S/C18H20FN3O5/c1-18(2,3)27-17(24)21(5)14-9-11(10-20(4)16(14)23)15-12(19)7-6-8-13(15)22(25)26/h6-10H,1-5H3. The lowest BCUT2D eigenvalue weighted by Gasteiger charge is -2.24. The molecule has 8 nitrogen and oxygen atoms in total. The van der Waals surface area contributed by atoms with Crippen molar-refractivity contribution in [2.24, 2.45) is 7.05 Å². The third kappa shape index (κ3) is 4.30. The van der Waals surface area contributed by atoms with E-state index in [-0.39, 0.29) is 16.8 Å². The molecule has 2 aromatic rings. The molecule has 0 radical (unpaired) electrons. The number of carbonyl (C=O) groups excluding carboxylic acids is 1. The van der Waals surface area contributed by atoms with Gasteiger partial charge in [0.05, 0.1) is 10.5 Å². The number of hydrogen-bond donors (Lipinski definition) is 0. The van der Waals surface area contributed by atoms with Crippen LogP contribution in [0.1, 0.15) is 20.8 Å². The van der Waals surface area contributed by atoms with Crippen molar-refractivity contribution in [2.75, 3.05) is 11.9 Å². The number of pyridine rings is 1. The van der Waals surface area contributed by atoms with E-state index in [1.807, 2.05) is 0 Å². The predicted octanol–water partition coefficient (Wildman–Crippen LogP) is 3.47. The zero-order valence-electron chi connectivity index (χ0n) is 15.6. The Bertz CT molecular complexity index is 962. The fourth-order valence-corrected chi connectivity index (χ4v) is 2.45. The largest absolute Gasteiger partial charge is 0.443 e. The number of aryl methyl sites for hydroxylation is 1. The van der Waals surface area contributed by atoms with E-state index >= 15 is 0 Å². The monoisotopic (exact) mass is 377 g/mol. The van der Waals surface area contributed by atoms with E-state index < -0.39 is 33.7 Å². The SMILES string of the molecule is CN(C(=O)OC(C)(C)C)c1cc(-c2c(F)cccc2[N+](=O)[O-])cn(C)c1=O. The molecule has 0 aliphatic heterocycles. The highest BCUT2D eigenvalue weighted by Gasteiger charge is 2.25. The van der Waals surface area contributed by atoms with E-state index in [4.69, 9.17) is 4.74 Å². The Labute approximate surface area is 154 Å². The number of rotatable bonds is 3. The van der Waals surface area contributed by atoms with Gasteiger partial charge in [0.1, 0.15) is 17.1 Å². The summed E-state index contributed by atoms with van der Waals surface area (Å²) in [7, 11) is 2.75. The molecule has 0 N–H and O–H groups in total. The van der Waals surface area contributed by atoms with E-state index in [2.05, 4.69) is 0 Å². The summed E-state index contributed by atoms with van der Waals surface area (Å²) in [6.07, 6.45) is 0.500. The zero-order valence-corrected chi connectivity index (χ0v) is 15.6. The average molecular weight is 377 g/mol. The molecule has 0 unspecified atom stereocenters. The van der Waals surface area contributed by atoms with Gasteiger partial charge in [0.15, 0.2) is 0 Å². The van der Waals surface area contributed by atoms with Crippen LogP contribution in [-0.4, -0.2) is 28.2 Å². The summed E-state index contributed by atoms with van der Waals surface area (Å²) < 4.78 is 20.7. The lowest BCUT2D eigenvalue weighted by molar-refractivity contribution is -0.384. The number of anilines is 1. The fourth-order valence-electron chi connectivity index (χ4n) is 2.45. The van der Waals surface area contributed by atoms with Crippen molar-refractivity contribution in [1.29, 1.82) is 0 Å². The highest BCUT2D eigenvalue weighted by Crippen LogP contribution is 2.33. The Morgan fingerprint density at radius 2 is 1.96 bits per heavy atom. The molecule has 0 fully saturated rings. The predicted molar refractivity (Wildman–Crippen MR) is 98.4 cm³/mol. The Kier molecular flexibility index (Phi) is 5.34. The number of ether oxygens (including phenoxy) is 1.